The summed E-state index contributed by atoms with van der Waals surface area (Å²) in [6.07, 6.45) is 0. The third-order valence-electron chi connectivity index (χ3n) is 13.2. The molecule has 2 aromatic heterocycles. The van der Waals surface area contributed by atoms with Crippen molar-refractivity contribution < 1.29 is 5.11 Å². The summed E-state index contributed by atoms with van der Waals surface area (Å²) in [5.74, 6) is 1.53. The highest BCUT2D eigenvalue weighted by atomic mass is 16.3. The summed E-state index contributed by atoms with van der Waals surface area (Å²) in [6.45, 7) is 22.8. The van der Waals surface area contributed by atoms with E-state index in [1.54, 1.807) is 6.07 Å². The summed E-state index contributed by atoms with van der Waals surface area (Å²) in [6, 6.07) is 54.0. The molecule has 2 heterocycles. The van der Waals surface area contributed by atoms with Gasteiger partial charge in [0.05, 0.1) is 28.1 Å². The lowest BCUT2D eigenvalue weighted by Crippen LogP contribution is -2.55. The number of imidazole rings is 1. The Morgan fingerprint density at radius 2 is 1.02 bits per heavy atom. The number of benzene rings is 7. The van der Waals surface area contributed by atoms with Crippen molar-refractivity contribution in [1.82, 2.24) is 14.5 Å². The zero-order valence-electron chi connectivity index (χ0n) is 39.5. The third kappa shape index (κ3) is 8.21. The van der Waals surface area contributed by atoms with Crippen LogP contribution in [0.5, 0.6) is 5.75 Å². The Morgan fingerprint density at radius 3 is 1.62 bits per heavy atom. The topological polar surface area (TPSA) is 50.9 Å². The average molecular weight is 848 g/mol. The largest absolute Gasteiger partial charge is 0.507 e. The van der Waals surface area contributed by atoms with Crippen molar-refractivity contribution in [3.63, 3.8) is 0 Å². The van der Waals surface area contributed by atoms with Crippen LogP contribution in [0.15, 0.2) is 152 Å². The van der Waals surface area contributed by atoms with Gasteiger partial charge in [-0.3, -0.25) is 4.57 Å². The quantitative estimate of drug-likeness (QED) is 0.140. The maximum Gasteiger partial charge on any atom is 0.242 e. The van der Waals surface area contributed by atoms with Crippen LogP contribution in [0.2, 0.25) is 0 Å². The van der Waals surface area contributed by atoms with Crippen LogP contribution in [0, 0.1) is 41.5 Å². The molecule has 9 aromatic rings. The average Bonchev–Trinajstić information content (AvgIpc) is 3.66. The highest BCUT2D eigenvalue weighted by molar-refractivity contribution is 6.96. The number of nitrogens with zero attached hydrogens (tertiary/aromatic N) is 3. The summed E-state index contributed by atoms with van der Waals surface area (Å²) in [5, 5.41) is 10.7. The van der Waals surface area contributed by atoms with E-state index < -0.39 is 0 Å². The molecule has 5 heteroatoms. The predicted molar refractivity (Wildman–Crippen MR) is 276 cm³/mol. The zero-order chi connectivity index (χ0) is 45.7. The van der Waals surface area contributed by atoms with Crippen LogP contribution in [0.25, 0.3) is 61.8 Å². The third-order valence-corrected chi connectivity index (χ3v) is 13.2. The van der Waals surface area contributed by atoms with Crippen molar-refractivity contribution in [3.05, 3.63) is 196 Å². The van der Waals surface area contributed by atoms with Crippen LogP contribution in [-0.2, 0) is 0 Å². The molecule has 0 radical (unpaired) electrons. The van der Waals surface area contributed by atoms with E-state index in [0.717, 1.165) is 39.4 Å². The van der Waals surface area contributed by atoms with Crippen molar-refractivity contribution in [2.24, 2.45) is 0 Å². The van der Waals surface area contributed by atoms with E-state index in [2.05, 4.69) is 183 Å². The van der Waals surface area contributed by atoms with E-state index in [9.17, 15) is 5.11 Å². The first-order valence-electron chi connectivity index (χ1n) is 23.0. The fraction of sp³-hybridized carbons (Fsp3) is 0.200. The fourth-order valence-electron chi connectivity index (χ4n) is 10.3. The Labute approximate surface area is 385 Å². The molecule has 0 fully saturated rings. The van der Waals surface area contributed by atoms with Crippen LogP contribution in [0.1, 0.15) is 84.0 Å². The number of aryl methyl sites for hydroxylation is 6. The molecule has 7 aromatic carbocycles. The number of aromatic hydroxyl groups is 1. The second-order valence-electron chi connectivity index (χ2n) is 18.8. The normalized spacial score (nSPS) is 11.6. The Kier molecular flexibility index (Phi) is 11.7. The Hall–Kier alpha value is -6.98. The van der Waals surface area contributed by atoms with Gasteiger partial charge in [-0.15, -0.1) is 0 Å². The second kappa shape index (κ2) is 17.5. The van der Waals surface area contributed by atoms with E-state index in [1.807, 2.05) is 36.4 Å². The van der Waals surface area contributed by atoms with Crippen LogP contribution in [0.4, 0.5) is 0 Å². The van der Waals surface area contributed by atoms with E-state index in [-0.39, 0.29) is 24.3 Å². The van der Waals surface area contributed by atoms with Gasteiger partial charge in [0.2, 0.25) is 6.71 Å². The molecule has 0 aliphatic heterocycles. The molecule has 65 heavy (non-hydrogen) atoms. The molecule has 9 rings (SSSR count). The number of para-hydroxylation sites is 1. The number of phenolic OH excluding ortho intramolecular Hbond substituents is 1. The van der Waals surface area contributed by atoms with Gasteiger partial charge in [-0.05, 0) is 130 Å². The predicted octanol–water partition coefficient (Wildman–Crippen LogP) is 13.4. The Balaban J connectivity index is 1.34. The second-order valence-corrected chi connectivity index (χ2v) is 18.8. The molecule has 0 atom stereocenters. The van der Waals surface area contributed by atoms with Gasteiger partial charge in [0.1, 0.15) is 11.6 Å². The monoisotopic (exact) mass is 847 g/mol. The minimum Gasteiger partial charge on any atom is -0.507 e. The van der Waals surface area contributed by atoms with Gasteiger partial charge in [-0.2, -0.15) is 0 Å². The molecule has 0 aliphatic carbocycles. The lowest BCUT2D eigenvalue weighted by molar-refractivity contribution is 0.477. The fourth-order valence-corrected chi connectivity index (χ4v) is 10.3. The van der Waals surface area contributed by atoms with Gasteiger partial charge >= 0.3 is 0 Å². The molecule has 322 valence electrons. The smallest absolute Gasteiger partial charge is 0.242 e. The number of hydrogen-bond donors (Lipinski definition) is 1. The van der Waals surface area contributed by atoms with Gasteiger partial charge in [0.25, 0.3) is 0 Å². The molecule has 0 spiro atoms. The Bertz CT molecular complexity index is 3120. The number of aromatic nitrogens is 3. The van der Waals surface area contributed by atoms with E-state index >= 15 is 0 Å². The van der Waals surface area contributed by atoms with Crippen LogP contribution < -0.4 is 16.4 Å². The summed E-state index contributed by atoms with van der Waals surface area (Å²) in [7, 11) is 0. The van der Waals surface area contributed by atoms with Crippen LogP contribution >= 0.6 is 0 Å². The van der Waals surface area contributed by atoms with E-state index in [0.29, 0.717) is 5.56 Å². The number of pyridine rings is 1. The first kappa shape index (κ1) is 43.3. The van der Waals surface area contributed by atoms with Crippen LogP contribution in [-0.4, -0.2) is 26.4 Å². The van der Waals surface area contributed by atoms with Crippen molar-refractivity contribution in [2.75, 3.05) is 0 Å². The number of rotatable bonds is 10. The van der Waals surface area contributed by atoms with Gasteiger partial charge in [-0.25, -0.2) is 9.97 Å². The van der Waals surface area contributed by atoms with Crippen molar-refractivity contribution >= 4 is 34.1 Å². The molecule has 0 unspecified atom stereocenters. The molecule has 0 bridgehead atoms. The first-order valence-corrected chi connectivity index (χ1v) is 23.0. The van der Waals surface area contributed by atoms with Crippen molar-refractivity contribution in [2.45, 2.75) is 81.1 Å². The Morgan fingerprint density at radius 1 is 0.477 bits per heavy atom. The van der Waals surface area contributed by atoms with Gasteiger partial charge in [-0.1, -0.05) is 175 Å². The highest BCUT2D eigenvalue weighted by Gasteiger charge is 2.31. The number of hydrogen-bond acceptors (Lipinski definition) is 3. The SMILES string of the molecule is Cc1cc(C)c(B(c2ccc3nc(-c4cccc(-c5cccc(-c6ccccc6O)n5)c4)n(-c4c(C(C)C)cc(-c5ccccc5)cc4C(C)C)c3c2)c2c(C)cc(C)cc2C)c(C)c1. The lowest BCUT2D eigenvalue weighted by Gasteiger charge is -2.26. The van der Waals surface area contributed by atoms with Crippen molar-refractivity contribution in [1.29, 1.82) is 0 Å². The molecule has 0 saturated carbocycles. The summed E-state index contributed by atoms with van der Waals surface area (Å²) in [4.78, 5) is 10.7. The van der Waals surface area contributed by atoms with E-state index in [1.165, 1.54) is 77.7 Å². The highest BCUT2D eigenvalue weighted by Crippen LogP contribution is 2.41. The first-order chi connectivity index (χ1) is 31.3. The summed E-state index contributed by atoms with van der Waals surface area (Å²) < 4.78 is 2.48. The number of fused-ring (bicyclic) bond motifs is 1. The van der Waals surface area contributed by atoms with Gasteiger partial charge < -0.3 is 5.11 Å². The molecule has 4 nitrogen and oxygen atoms in total. The number of phenols is 1. The van der Waals surface area contributed by atoms with Gasteiger partial charge in [0.15, 0.2) is 0 Å². The maximum absolute atomic E-state index is 10.7. The van der Waals surface area contributed by atoms with Gasteiger partial charge in [0, 0.05) is 16.7 Å². The molecule has 1 N–H and O–H groups in total. The zero-order valence-corrected chi connectivity index (χ0v) is 39.5. The van der Waals surface area contributed by atoms with E-state index in [4.69, 9.17) is 9.97 Å². The standard InChI is InChI=1S/C60H58BN3O/c1-36(2)50-33-47(44-18-12-11-13-19-44)34-51(37(3)4)59(50)64-55-35-48(61(57-40(7)28-38(5)29-41(57)8)58-42(9)30-39(6)31-43(58)10)26-27-54(55)63-60(64)46-21-16-20-45(32-46)52-23-17-24-53(62-52)49-22-14-15-25-56(49)65/h11-37,65H,1-10H3. The van der Waals surface area contributed by atoms with Crippen molar-refractivity contribution in [3.8, 4) is 56.5 Å². The minimum atomic E-state index is 0.00715. The molecule has 0 amide bonds. The van der Waals surface area contributed by atoms with Crippen LogP contribution in [0.3, 0.4) is 0 Å². The summed E-state index contributed by atoms with van der Waals surface area (Å²) in [5.41, 5.74) is 24.2. The summed E-state index contributed by atoms with van der Waals surface area (Å²) >= 11 is 0. The molecular formula is C60H58BN3O. The maximum atomic E-state index is 10.7. The molecular weight excluding hydrogens is 789 g/mol. The molecule has 0 saturated heterocycles. The molecule has 0 aliphatic rings. The lowest BCUT2D eigenvalue weighted by atomic mass is 9.34. The minimum absolute atomic E-state index is 0.00715.